The molecule has 1 saturated heterocycles. The van der Waals surface area contributed by atoms with Crippen molar-refractivity contribution in [1.82, 2.24) is 14.9 Å². The van der Waals surface area contributed by atoms with E-state index in [0.717, 1.165) is 12.1 Å². The third kappa shape index (κ3) is 4.81. The van der Waals surface area contributed by atoms with E-state index < -0.39 is 0 Å². The van der Waals surface area contributed by atoms with E-state index in [2.05, 4.69) is 44.5 Å². The molecule has 1 unspecified atom stereocenters. The van der Waals surface area contributed by atoms with Crippen molar-refractivity contribution in [2.24, 2.45) is 0 Å². The molecule has 1 amide bonds. The number of carbonyl (C=O) groups is 1. The van der Waals surface area contributed by atoms with Crippen LogP contribution in [0.5, 0.6) is 6.01 Å². The number of nitrogens with one attached hydrogen (secondary N) is 1. The molecule has 2 aliphatic rings. The van der Waals surface area contributed by atoms with Gasteiger partial charge in [0.1, 0.15) is 5.69 Å². The third-order valence-electron chi connectivity index (χ3n) is 5.43. The molecule has 8 nitrogen and oxygen atoms in total. The molecule has 30 heavy (non-hydrogen) atoms. The number of hydrogen-bond donors (Lipinski definition) is 2. The number of ether oxygens (including phenoxy) is 1. The predicted octanol–water partition coefficient (Wildman–Crippen LogP) is 2.79. The van der Waals surface area contributed by atoms with Gasteiger partial charge in [-0.2, -0.15) is 9.97 Å². The van der Waals surface area contributed by atoms with Crippen LogP contribution in [-0.4, -0.2) is 47.0 Å². The van der Waals surface area contributed by atoms with Gasteiger partial charge in [0.2, 0.25) is 5.91 Å². The van der Waals surface area contributed by atoms with Gasteiger partial charge < -0.3 is 20.7 Å². The van der Waals surface area contributed by atoms with Gasteiger partial charge in [0.25, 0.3) is 0 Å². The molecule has 0 saturated carbocycles. The highest BCUT2D eigenvalue weighted by Crippen LogP contribution is 2.34. The topological polar surface area (TPSA) is 96.6 Å². The number of amides is 1. The number of anilines is 3. The minimum absolute atomic E-state index is 0.148. The Hall–Kier alpha value is -2.87. The number of nitrogen functional groups attached to an aromatic ring is 1. The second kappa shape index (κ2) is 9.30. The lowest BCUT2D eigenvalue weighted by Gasteiger charge is -2.30. The summed E-state index contributed by atoms with van der Waals surface area (Å²) in [5, 5.41) is 2.77. The molecule has 4 rings (SSSR count). The fourth-order valence-corrected chi connectivity index (χ4v) is 3.85. The number of benzene rings is 1. The minimum atomic E-state index is -0.223. The van der Waals surface area contributed by atoms with Crippen molar-refractivity contribution >= 4 is 23.2 Å². The van der Waals surface area contributed by atoms with E-state index in [1.54, 1.807) is 6.92 Å². The molecule has 2 aromatic rings. The van der Waals surface area contributed by atoms with Crippen LogP contribution in [0, 0.1) is 0 Å². The Morgan fingerprint density at radius 1 is 1.17 bits per heavy atom. The smallest absolute Gasteiger partial charge is 0.320 e. The maximum atomic E-state index is 12.2. The highest BCUT2D eigenvalue weighted by atomic mass is 16.5. The van der Waals surface area contributed by atoms with E-state index in [1.165, 1.54) is 31.5 Å². The van der Waals surface area contributed by atoms with Crippen molar-refractivity contribution in [2.45, 2.75) is 45.7 Å². The van der Waals surface area contributed by atoms with Crippen molar-refractivity contribution in [3.63, 3.8) is 0 Å². The lowest BCUT2D eigenvalue weighted by atomic mass is 10.1. The van der Waals surface area contributed by atoms with Crippen molar-refractivity contribution < 1.29 is 10.9 Å². The lowest BCUT2D eigenvalue weighted by Crippen LogP contribution is -2.39. The Labute approximate surface area is 178 Å². The molecule has 0 spiro atoms. The van der Waals surface area contributed by atoms with Crippen LogP contribution in [0.25, 0.3) is 0 Å². The number of aromatic nitrogens is 2. The van der Waals surface area contributed by atoms with Crippen LogP contribution in [0.3, 0.4) is 0 Å². The van der Waals surface area contributed by atoms with Gasteiger partial charge in [-0.1, -0.05) is 37.6 Å². The van der Waals surface area contributed by atoms with Crippen molar-refractivity contribution in [3.8, 4) is 6.01 Å². The predicted molar refractivity (Wildman–Crippen MR) is 117 cm³/mol. The molecule has 3 heterocycles. The highest BCUT2D eigenvalue weighted by molar-refractivity contribution is 6.03. The molecule has 0 radical (unpaired) electrons. The van der Waals surface area contributed by atoms with Gasteiger partial charge in [-0.05, 0) is 43.5 Å². The summed E-state index contributed by atoms with van der Waals surface area (Å²) in [6.07, 6.45) is 2.92. The van der Waals surface area contributed by atoms with Gasteiger partial charge in [-0.3, -0.25) is 9.69 Å². The van der Waals surface area contributed by atoms with Crippen molar-refractivity contribution in [3.05, 3.63) is 35.4 Å². The fraction of sp³-hybridized carbons (Fsp3) is 0.500. The summed E-state index contributed by atoms with van der Waals surface area (Å²) in [7, 11) is 0. The van der Waals surface area contributed by atoms with Crippen molar-refractivity contribution in [2.75, 3.05) is 42.2 Å². The quantitative estimate of drug-likeness (QED) is 0.689. The second-order valence-electron chi connectivity index (χ2n) is 7.84. The summed E-state index contributed by atoms with van der Waals surface area (Å²) in [5.74, 6) is 0.588. The van der Waals surface area contributed by atoms with E-state index in [9.17, 15) is 4.79 Å². The Kier molecular flexibility index (Phi) is 5.92. The summed E-state index contributed by atoms with van der Waals surface area (Å²) < 4.78 is 13.2. The summed E-state index contributed by atoms with van der Waals surface area (Å²) in [4.78, 5) is 25.3. The molecule has 1 aromatic heterocycles. The van der Waals surface area contributed by atoms with Crippen LogP contribution in [0.4, 0.5) is 17.3 Å². The first kappa shape index (κ1) is 19.1. The highest BCUT2D eigenvalue weighted by Gasteiger charge is 2.27. The molecule has 8 heteroatoms. The van der Waals surface area contributed by atoms with Crippen molar-refractivity contribution in [1.29, 1.82) is 0 Å². The molecular weight excluding hydrogens is 380 g/mol. The zero-order valence-electron chi connectivity index (χ0n) is 18.4. The number of fused-ring (bicyclic) bond motifs is 1. The molecule has 2 aliphatic heterocycles. The van der Waals surface area contributed by atoms with Crippen LogP contribution in [0.2, 0.25) is 0 Å². The van der Waals surface area contributed by atoms with E-state index in [-0.39, 0.29) is 30.7 Å². The molecule has 0 aliphatic carbocycles. The standard InChI is InChI=1S/C22H30N6O2/c1-2-3-12-30-22-25-20(23)19-21(26-22)28(15-18(29)24-19)14-17-8-6-16(7-9-17)13-27-10-4-5-11-27/h6-9H,2-5,10-15H2,1H3,(H,24,29)(H2,23,25,26)/i2D. The summed E-state index contributed by atoms with van der Waals surface area (Å²) >= 11 is 0. The largest absolute Gasteiger partial charge is 0.463 e. The molecule has 0 bridgehead atoms. The average molecular weight is 412 g/mol. The van der Waals surface area contributed by atoms with Gasteiger partial charge in [-0.15, -0.1) is 0 Å². The van der Waals surface area contributed by atoms with Gasteiger partial charge >= 0.3 is 6.01 Å². The number of likely N-dealkylation sites (tertiary alicyclic amines) is 1. The molecular formula is C22H30N6O2. The van der Waals surface area contributed by atoms with Gasteiger partial charge in [0, 0.05) is 14.5 Å². The number of nitrogens with two attached hydrogens (primary N) is 1. The number of rotatable bonds is 8. The minimum Gasteiger partial charge on any atom is -0.463 e. The first-order valence-corrected chi connectivity index (χ1v) is 10.6. The Morgan fingerprint density at radius 2 is 1.87 bits per heavy atom. The number of nitrogens with zero attached hydrogens (tertiary/aromatic N) is 4. The van der Waals surface area contributed by atoms with E-state index >= 15 is 0 Å². The molecule has 1 fully saturated rings. The second-order valence-corrected chi connectivity index (χ2v) is 7.84. The first-order valence-electron chi connectivity index (χ1n) is 11.1. The Balaban J connectivity index is 1.48. The zero-order valence-corrected chi connectivity index (χ0v) is 17.4. The molecule has 160 valence electrons. The van der Waals surface area contributed by atoms with Crippen LogP contribution in [0.15, 0.2) is 24.3 Å². The number of carbonyl (C=O) groups excluding carboxylic acids is 1. The fourth-order valence-electron chi connectivity index (χ4n) is 3.85. The normalized spacial score (nSPS) is 18.0. The van der Waals surface area contributed by atoms with Crippen LogP contribution < -0.4 is 20.7 Å². The number of hydrogen-bond acceptors (Lipinski definition) is 7. The monoisotopic (exact) mass is 411 g/mol. The maximum Gasteiger partial charge on any atom is 0.320 e. The summed E-state index contributed by atoms with van der Waals surface area (Å²) in [6, 6.07) is 8.69. The molecule has 1 aromatic carbocycles. The van der Waals surface area contributed by atoms with Crippen LogP contribution in [-0.2, 0) is 17.9 Å². The molecule has 1 atom stereocenters. The zero-order chi connectivity index (χ0) is 21.8. The first-order chi connectivity index (χ1) is 15.0. The third-order valence-corrected chi connectivity index (χ3v) is 5.43. The summed E-state index contributed by atoms with van der Waals surface area (Å²) in [6.45, 7) is 6.19. The van der Waals surface area contributed by atoms with E-state index in [4.69, 9.17) is 11.8 Å². The Bertz CT molecular complexity index is 915. The SMILES string of the molecule is [2H]C(C)CCOc1nc(N)c2c(n1)N(Cc1ccc(CN3CCCC3)cc1)CC(=O)N2. The average Bonchev–Trinajstić information content (AvgIpc) is 3.23. The van der Waals surface area contributed by atoms with Gasteiger partial charge in [0.15, 0.2) is 11.6 Å². The van der Waals surface area contributed by atoms with Crippen LogP contribution in [0.1, 0.15) is 45.1 Å². The van der Waals surface area contributed by atoms with E-state index in [0.29, 0.717) is 31.1 Å². The molecule has 3 N–H and O–H groups in total. The lowest BCUT2D eigenvalue weighted by molar-refractivity contribution is -0.115. The van der Waals surface area contributed by atoms with Crippen LogP contribution >= 0.6 is 0 Å². The van der Waals surface area contributed by atoms with Gasteiger partial charge in [-0.25, -0.2) is 0 Å². The summed E-state index contributed by atoms with van der Waals surface area (Å²) in [5.41, 5.74) is 8.89. The maximum absolute atomic E-state index is 12.2. The van der Waals surface area contributed by atoms with E-state index in [1.807, 2.05) is 4.90 Å². The Morgan fingerprint density at radius 3 is 2.57 bits per heavy atom. The van der Waals surface area contributed by atoms with Gasteiger partial charge in [0.05, 0.1) is 13.2 Å².